The van der Waals surface area contributed by atoms with Gasteiger partial charge in [0.1, 0.15) is 0 Å². The average molecular weight is 457 g/mol. The van der Waals surface area contributed by atoms with Crippen molar-refractivity contribution in [3.8, 4) is 10.4 Å². The quantitative estimate of drug-likeness (QED) is 0.324. The molecule has 6 heteroatoms. The second kappa shape index (κ2) is 6.64. The lowest BCUT2D eigenvalue weighted by molar-refractivity contribution is -0.114. The van der Waals surface area contributed by atoms with Gasteiger partial charge in [0.05, 0.1) is 22.5 Å². The zero-order valence-electron chi connectivity index (χ0n) is 18.1. The van der Waals surface area contributed by atoms with E-state index in [0.29, 0.717) is 11.1 Å². The normalized spacial score (nSPS) is 17.6. The van der Waals surface area contributed by atoms with E-state index in [1.54, 1.807) is 46.6 Å². The first-order valence-corrected chi connectivity index (χ1v) is 12.0. The summed E-state index contributed by atoms with van der Waals surface area (Å²) < 4.78 is 2.59. The average Bonchev–Trinajstić information content (AvgIpc) is 3.44. The Labute approximate surface area is 194 Å². The van der Waals surface area contributed by atoms with E-state index in [4.69, 9.17) is 0 Å². The Balaban J connectivity index is 1.53. The van der Waals surface area contributed by atoms with Crippen molar-refractivity contribution in [2.75, 3.05) is 23.9 Å². The molecule has 0 saturated heterocycles. The minimum atomic E-state index is -0.134. The Morgan fingerprint density at radius 1 is 0.688 bits per heavy atom. The maximum atomic E-state index is 13.4. The summed E-state index contributed by atoms with van der Waals surface area (Å²) in [6.45, 7) is 4.13. The van der Waals surface area contributed by atoms with Crippen molar-refractivity contribution in [1.29, 1.82) is 0 Å². The molecule has 2 aliphatic rings. The number of anilines is 2. The molecular formula is C26H20N2O2S2. The van der Waals surface area contributed by atoms with Gasteiger partial charge in [-0.1, -0.05) is 24.3 Å². The van der Waals surface area contributed by atoms with Crippen molar-refractivity contribution in [1.82, 2.24) is 0 Å². The van der Waals surface area contributed by atoms with E-state index in [1.165, 1.54) is 19.2 Å². The van der Waals surface area contributed by atoms with Crippen molar-refractivity contribution < 1.29 is 9.59 Å². The number of carbonyl (C=O) groups is 2. The summed E-state index contributed by atoms with van der Waals surface area (Å²) in [7, 11) is 3.56. The third-order valence-corrected chi connectivity index (χ3v) is 8.57. The van der Waals surface area contributed by atoms with E-state index < -0.39 is 0 Å². The number of benzene rings is 2. The molecule has 158 valence electrons. The number of likely N-dealkylation sites (N-methyl/N-ethyl adjacent to an activating group) is 2. The maximum absolute atomic E-state index is 13.4. The summed E-state index contributed by atoms with van der Waals surface area (Å²) in [5.74, 6) is -0.266. The third-order valence-electron chi connectivity index (χ3n) is 6.31. The Morgan fingerprint density at radius 3 is 1.94 bits per heavy atom. The summed E-state index contributed by atoms with van der Waals surface area (Å²) in [5.41, 5.74) is 6.51. The van der Waals surface area contributed by atoms with Gasteiger partial charge in [-0.2, -0.15) is 0 Å². The highest BCUT2D eigenvalue weighted by molar-refractivity contribution is 7.29. The third kappa shape index (κ3) is 2.60. The van der Waals surface area contributed by atoms with Crippen LogP contribution in [-0.2, 0) is 9.59 Å². The Morgan fingerprint density at radius 2 is 1.28 bits per heavy atom. The van der Waals surface area contributed by atoms with Crippen LogP contribution in [0.3, 0.4) is 0 Å². The molecular weight excluding hydrogens is 436 g/mol. The molecule has 32 heavy (non-hydrogen) atoms. The van der Waals surface area contributed by atoms with Crippen molar-refractivity contribution >= 4 is 66.4 Å². The standard InChI is InChI=1S/C26H20N2O2S2/c1-13-5-7-16-18(9-13)27(3)25(29)23(16)24-17-8-6-15(11-19(17)28(4)26(24)30)20-12-22-21(32-20)10-14(2)31-22/h5-12H,1-4H3/b24-23+. The number of hydrogen-bond acceptors (Lipinski definition) is 4. The van der Waals surface area contributed by atoms with Gasteiger partial charge in [-0.15, -0.1) is 22.7 Å². The molecule has 4 heterocycles. The van der Waals surface area contributed by atoms with Crippen LogP contribution in [0.1, 0.15) is 21.6 Å². The van der Waals surface area contributed by atoms with Gasteiger partial charge in [0, 0.05) is 44.4 Å². The topological polar surface area (TPSA) is 40.6 Å². The Bertz CT molecular complexity index is 1490. The van der Waals surface area contributed by atoms with Gasteiger partial charge in [0.2, 0.25) is 0 Å². The van der Waals surface area contributed by atoms with Crippen LogP contribution in [-0.4, -0.2) is 25.9 Å². The summed E-state index contributed by atoms with van der Waals surface area (Å²) in [5, 5.41) is 0. The number of hydrogen-bond donors (Lipinski definition) is 0. The second-order valence-electron chi connectivity index (χ2n) is 8.43. The van der Waals surface area contributed by atoms with Gasteiger partial charge in [0.15, 0.2) is 0 Å². The highest BCUT2D eigenvalue weighted by Gasteiger charge is 2.40. The molecule has 0 bridgehead atoms. The zero-order chi connectivity index (χ0) is 22.3. The molecule has 2 amide bonds. The van der Waals surface area contributed by atoms with Gasteiger partial charge >= 0.3 is 0 Å². The molecule has 0 N–H and O–H groups in total. The van der Waals surface area contributed by atoms with Crippen LogP contribution >= 0.6 is 22.7 Å². The Kier molecular flexibility index (Phi) is 4.04. The van der Waals surface area contributed by atoms with E-state index in [1.807, 2.05) is 31.2 Å². The predicted octanol–water partition coefficient (Wildman–Crippen LogP) is 6.11. The number of thiophene rings is 2. The molecule has 4 aromatic rings. The van der Waals surface area contributed by atoms with E-state index in [-0.39, 0.29) is 11.8 Å². The zero-order valence-corrected chi connectivity index (χ0v) is 19.8. The van der Waals surface area contributed by atoms with Crippen molar-refractivity contribution in [3.63, 3.8) is 0 Å². The van der Waals surface area contributed by atoms with Gasteiger partial charge in [-0.25, -0.2) is 0 Å². The van der Waals surface area contributed by atoms with Crippen LogP contribution in [0.2, 0.25) is 0 Å². The molecule has 0 fully saturated rings. The van der Waals surface area contributed by atoms with Gasteiger partial charge in [-0.3, -0.25) is 9.59 Å². The van der Waals surface area contributed by atoms with E-state index in [2.05, 4.69) is 31.2 Å². The molecule has 2 aromatic carbocycles. The molecule has 4 nitrogen and oxygen atoms in total. The lowest BCUT2D eigenvalue weighted by atomic mass is 9.95. The highest BCUT2D eigenvalue weighted by atomic mass is 32.1. The number of fused-ring (bicyclic) bond motifs is 3. The molecule has 0 aliphatic carbocycles. The first-order chi connectivity index (χ1) is 15.3. The maximum Gasteiger partial charge on any atom is 0.259 e. The SMILES string of the molecule is Cc1ccc2c(c1)N(C)C(=O)/C2=C1/C(=O)N(C)c2cc(-c3cc4sc(C)cc4s3)ccc21. The summed E-state index contributed by atoms with van der Waals surface area (Å²) in [4.78, 5) is 32.4. The largest absolute Gasteiger partial charge is 0.311 e. The van der Waals surface area contributed by atoms with Crippen LogP contribution in [0.4, 0.5) is 11.4 Å². The number of nitrogens with zero attached hydrogens (tertiary/aromatic N) is 2. The summed E-state index contributed by atoms with van der Waals surface area (Å²) >= 11 is 3.57. The number of amides is 2. The van der Waals surface area contributed by atoms with Crippen LogP contribution in [0.15, 0.2) is 48.5 Å². The predicted molar refractivity (Wildman–Crippen MR) is 135 cm³/mol. The number of rotatable bonds is 1. The first-order valence-electron chi connectivity index (χ1n) is 10.4. The second-order valence-corrected chi connectivity index (χ2v) is 10.8. The first kappa shape index (κ1) is 19.5. The summed E-state index contributed by atoms with van der Waals surface area (Å²) in [6.07, 6.45) is 0. The lowest BCUT2D eigenvalue weighted by Crippen LogP contribution is -2.24. The van der Waals surface area contributed by atoms with Crippen molar-refractivity contribution in [2.24, 2.45) is 0 Å². The molecule has 0 spiro atoms. The fourth-order valence-electron chi connectivity index (χ4n) is 4.67. The van der Waals surface area contributed by atoms with Crippen LogP contribution in [0, 0.1) is 13.8 Å². The van der Waals surface area contributed by atoms with Gasteiger partial charge < -0.3 is 9.80 Å². The number of carbonyl (C=O) groups excluding carboxylic acids is 2. The molecule has 0 radical (unpaired) electrons. The van der Waals surface area contributed by atoms with Crippen LogP contribution in [0.5, 0.6) is 0 Å². The fourth-order valence-corrected chi connectivity index (χ4v) is 6.98. The summed E-state index contributed by atoms with van der Waals surface area (Å²) in [6, 6.07) is 16.5. The lowest BCUT2D eigenvalue weighted by Gasteiger charge is -2.10. The molecule has 6 rings (SSSR count). The molecule has 0 saturated carbocycles. The molecule has 2 aliphatic heterocycles. The molecule has 0 unspecified atom stereocenters. The van der Waals surface area contributed by atoms with Gasteiger partial charge in [-0.05, 0) is 49.2 Å². The van der Waals surface area contributed by atoms with E-state index in [9.17, 15) is 9.59 Å². The monoisotopic (exact) mass is 456 g/mol. The van der Waals surface area contributed by atoms with E-state index in [0.717, 1.165) is 33.6 Å². The van der Waals surface area contributed by atoms with Gasteiger partial charge in [0.25, 0.3) is 11.8 Å². The fraction of sp³-hybridized carbons (Fsp3) is 0.154. The van der Waals surface area contributed by atoms with Crippen LogP contribution in [0.25, 0.3) is 31.0 Å². The smallest absolute Gasteiger partial charge is 0.259 e. The highest BCUT2D eigenvalue weighted by Crippen LogP contribution is 2.47. The molecule has 0 atom stereocenters. The Hall–Kier alpha value is -3.22. The van der Waals surface area contributed by atoms with Crippen LogP contribution < -0.4 is 9.80 Å². The molecule has 2 aromatic heterocycles. The van der Waals surface area contributed by atoms with Crippen molar-refractivity contribution in [3.05, 3.63) is 70.1 Å². The van der Waals surface area contributed by atoms with Crippen molar-refractivity contribution in [2.45, 2.75) is 13.8 Å². The van der Waals surface area contributed by atoms with E-state index >= 15 is 0 Å². The minimum absolute atomic E-state index is 0.131. The number of aryl methyl sites for hydroxylation is 2. The minimum Gasteiger partial charge on any atom is -0.311 e.